The third-order valence-electron chi connectivity index (χ3n) is 6.23. The molecule has 3 N–H and O–H groups in total. The molecule has 0 radical (unpaired) electrons. The summed E-state index contributed by atoms with van der Waals surface area (Å²) in [4.78, 5) is 42.6. The Morgan fingerprint density at radius 2 is 1.51 bits per heavy atom. The lowest BCUT2D eigenvalue weighted by Gasteiger charge is -2.34. The number of hydrogen-bond donors (Lipinski definition) is 2. The molecule has 0 aliphatic carbocycles. The van der Waals surface area contributed by atoms with Crippen molar-refractivity contribution >= 4 is 17.7 Å². The van der Waals surface area contributed by atoms with Gasteiger partial charge in [0.2, 0.25) is 17.7 Å². The number of methoxy groups -OCH3 is 1. The van der Waals surface area contributed by atoms with Gasteiger partial charge in [0.15, 0.2) is 0 Å². The van der Waals surface area contributed by atoms with E-state index in [1.165, 1.54) is 15.9 Å². The van der Waals surface area contributed by atoms with Crippen molar-refractivity contribution < 1.29 is 19.1 Å². The van der Waals surface area contributed by atoms with E-state index in [2.05, 4.69) is 5.32 Å². The number of hydrogen-bond acceptors (Lipinski definition) is 5. The van der Waals surface area contributed by atoms with Crippen LogP contribution < -0.4 is 15.8 Å². The molecule has 2 aromatic rings. The topological polar surface area (TPSA) is 105 Å². The first-order valence-corrected chi connectivity index (χ1v) is 12.3. The Kier molecular flexibility index (Phi) is 10.9. The van der Waals surface area contributed by atoms with Crippen LogP contribution in [0.4, 0.5) is 0 Å². The molecule has 37 heavy (non-hydrogen) atoms. The minimum Gasteiger partial charge on any atom is -0.497 e. The SMILES string of the molecule is CNC(=O)[C@@H](Cc1ccc(OC)cc1)N(C)C(=O)[C@@H](Cc1ccccc1)N(C)C(=O)C=CCC(C)(C)N. The predicted molar refractivity (Wildman–Crippen MR) is 146 cm³/mol. The second-order valence-electron chi connectivity index (χ2n) is 9.88. The fourth-order valence-corrected chi connectivity index (χ4v) is 3.91. The van der Waals surface area contributed by atoms with Gasteiger partial charge in [-0.3, -0.25) is 14.4 Å². The van der Waals surface area contributed by atoms with Gasteiger partial charge < -0.3 is 25.6 Å². The second-order valence-corrected chi connectivity index (χ2v) is 9.88. The van der Waals surface area contributed by atoms with Gasteiger partial charge in [-0.25, -0.2) is 0 Å². The summed E-state index contributed by atoms with van der Waals surface area (Å²) in [6.45, 7) is 3.76. The summed E-state index contributed by atoms with van der Waals surface area (Å²) in [7, 11) is 6.35. The molecule has 0 spiro atoms. The van der Waals surface area contributed by atoms with Crippen LogP contribution in [0.1, 0.15) is 31.4 Å². The van der Waals surface area contributed by atoms with Gasteiger partial charge in [0, 0.05) is 39.5 Å². The molecule has 2 rings (SSSR count). The molecule has 0 heterocycles. The number of carbonyl (C=O) groups is 3. The third-order valence-corrected chi connectivity index (χ3v) is 6.23. The van der Waals surface area contributed by atoms with E-state index in [1.54, 1.807) is 34.3 Å². The molecule has 2 aromatic carbocycles. The monoisotopic (exact) mass is 508 g/mol. The summed E-state index contributed by atoms with van der Waals surface area (Å²) in [6.07, 6.45) is 4.32. The quantitative estimate of drug-likeness (QED) is 0.429. The van der Waals surface area contributed by atoms with Crippen LogP contribution in [0.5, 0.6) is 5.75 Å². The molecule has 2 atom stereocenters. The lowest BCUT2D eigenvalue weighted by Crippen LogP contribution is -2.55. The van der Waals surface area contributed by atoms with E-state index in [0.717, 1.165) is 11.1 Å². The summed E-state index contributed by atoms with van der Waals surface area (Å²) < 4.78 is 5.22. The minimum atomic E-state index is -0.807. The van der Waals surface area contributed by atoms with E-state index in [9.17, 15) is 14.4 Å². The van der Waals surface area contributed by atoms with Gasteiger partial charge in [-0.1, -0.05) is 48.5 Å². The van der Waals surface area contributed by atoms with Crippen molar-refractivity contribution in [2.24, 2.45) is 5.73 Å². The zero-order chi connectivity index (χ0) is 27.6. The zero-order valence-electron chi connectivity index (χ0n) is 22.7. The van der Waals surface area contributed by atoms with Crippen LogP contribution in [-0.2, 0) is 27.2 Å². The van der Waals surface area contributed by atoms with Crippen molar-refractivity contribution in [3.05, 3.63) is 77.9 Å². The number of nitrogens with two attached hydrogens (primary N) is 1. The van der Waals surface area contributed by atoms with E-state index in [0.29, 0.717) is 25.0 Å². The van der Waals surface area contributed by atoms with Crippen LogP contribution in [0.25, 0.3) is 0 Å². The normalized spacial score (nSPS) is 13.1. The van der Waals surface area contributed by atoms with Gasteiger partial charge in [-0.2, -0.15) is 0 Å². The maximum absolute atomic E-state index is 13.9. The Morgan fingerprint density at radius 1 is 0.946 bits per heavy atom. The highest BCUT2D eigenvalue weighted by atomic mass is 16.5. The van der Waals surface area contributed by atoms with Crippen LogP contribution in [-0.4, -0.2) is 73.4 Å². The molecule has 0 fully saturated rings. The number of ether oxygens (including phenoxy) is 1. The molecular weight excluding hydrogens is 468 g/mol. The number of nitrogens with one attached hydrogen (secondary N) is 1. The number of benzene rings is 2. The van der Waals surface area contributed by atoms with Gasteiger partial charge in [0.05, 0.1) is 7.11 Å². The molecule has 0 aliphatic rings. The van der Waals surface area contributed by atoms with E-state index < -0.39 is 17.6 Å². The highest BCUT2D eigenvalue weighted by molar-refractivity contribution is 5.95. The van der Waals surface area contributed by atoms with Crippen LogP contribution in [0.2, 0.25) is 0 Å². The standard InChI is InChI=1S/C29H40N4O4/c1-29(2,30)18-10-13-26(34)32(4)25(20-21-11-8-7-9-12-21)28(36)33(5)24(27(35)31-3)19-22-14-16-23(37-6)17-15-22/h7-17,24-25H,18-20,30H2,1-6H3,(H,31,35)/t24-,25-/m1/s1. The number of likely N-dealkylation sites (N-methyl/N-ethyl adjacent to an activating group) is 3. The number of carbonyl (C=O) groups excluding carboxylic acids is 3. The molecule has 8 heteroatoms. The summed E-state index contributed by atoms with van der Waals surface area (Å²) in [6, 6.07) is 15.3. The molecule has 8 nitrogen and oxygen atoms in total. The van der Waals surface area contributed by atoms with Gasteiger partial charge in [-0.05, 0) is 49.6 Å². The number of nitrogens with zero attached hydrogens (tertiary/aromatic N) is 2. The number of amides is 3. The summed E-state index contributed by atoms with van der Waals surface area (Å²) >= 11 is 0. The van der Waals surface area contributed by atoms with E-state index >= 15 is 0 Å². The lowest BCUT2D eigenvalue weighted by atomic mass is 10.00. The Labute approximate surface area is 220 Å². The molecule has 0 aliphatic heterocycles. The van der Waals surface area contributed by atoms with Crippen molar-refractivity contribution in [1.82, 2.24) is 15.1 Å². The maximum Gasteiger partial charge on any atom is 0.246 e. The molecule has 0 bridgehead atoms. The van der Waals surface area contributed by atoms with E-state index in [4.69, 9.17) is 10.5 Å². The molecule has 0 aromatic heterocycles. The van der Waals surface area contributed by atoms with Crippen molar-refractivity contribution in [2.75, 3.05) is 28.3 Å². The second kappa shape index (κ2) is 13.6. The minimum absolute atomic E-state index is 0.288. The van der Waals surface area contributed by atoms with Gasteiger partial charge in [0.1, 0.15) is 17.8 Å². The summed E-state index contributed by atoms with van der Waals surface area (Å²) in [5.41, 5.74) is 7.36. The highest BCUT2D eigenvalue weighted by Crippen LogP contribution is 2.18. The largest absolute Gasteiger partial charge is 0.497 e. The highest BCUT2D eigenvalue weighted by Gasteiger charge is 2.34. The molecule has 0 saturated carbocycles. The van der Waals surface area contributed by atoms with E-state index in [-0.39, 0.29) is 17.7 Å². The fraction of sp³-hybridized carbons (Fsp3) is 0.414. The molecule has 200 valence electrons. The van der Waals surface area contributed by atoms with E-state index in [1.807, 2.05) is 68.4 Å². The molecule has 0 unspecified atom stereocenters. The number of rotatable bonds is 12. The van der Waals surface area contributed by atoms with Gasteiger partial charge in [-0.15, -0.1) is 0 Å². The van der Waals surface area contributed by atoms with Crippen molar-refractivity contribution in [3.63, 3.8) is 0 Å². The Bertz CT molecular complexity index is 1060. The Balaban J connectivity index is 2.33. The van der Waals surface area contributed by atoms with Gasteiger partial charge >= 0.3 is 0 Å². The average molecular weight is 509 g/mol. The molecule has 0 saturated heterocycles. The summed E-state index contributed by atoms with van der Waals surface area (Å²) in [5.74, 6) is -0.212. The Morgan fingerprint density at radius 3 is 2.05 bits per heavy atom. The zero-order valence-corrected chi connectivity index (χ0v) is 22.7. The van der Waals surface area contributed by atoms with Crippen LogP contribution in [0, 0.1) is 0 Å². The van der Waals surface area contributed by atoms with Crippen molar-refractivity contribution in [3.8, 4) is 5.75 Å². The van der Waals surface area contributed by atoms with Gasteiger partial charge in [0.25, 0.3) is 0 Å². The summed E-state index contributed by atoms with van der Waals surface area (Å²) in [5, 5.41) is 2.67. The van der Waals surface area contributed by atoms with Crippen LogP contribution >= 0.6 is 0 Å². The van der Waals surface area contributed by atoms with Crippen molar-refractivity contribution in [1.29, 1.82) is 0 Å². The first-order chi connectivity index (χ1) is 17.5. The Hall–Kier alpha value is -3.65. The van der Waals surface area contributed by atoms with Crippen LogP contribution in [0.3, 0.4) is 0 Å². The third kappa shape index (κ3) is 9.06. The molecular formula is C29H40N4O4. The smallest absolute Gasteiger partial charge is 0.246 e. The fourth-order valence-electron chi connectivity index (χ4n) is 3.91. The first-order valence-electron chi connectivity index (χ1n) is 12.3. The van der Waals surface area contributed by atoms with Crippen LogP contribution in [0.15, 0.2) is 66.7 Å². The lowest BCUT2D eigenvalue weighted by molar-refractivity contribution is -0.146. The maximum atomic E-state index is 13.9. The average Bonchev–Trinajstić information content (AvgIpc) is 2.88. The molecule has 3 amide bonds. The first kappa shape index (κ1) is 29.6. The van der Waals surface area contributed by atoms with Crippen molar-refractivity contribution in [2.45, 2.75) is 50.7 Å². The predicted octanol–water partition coefficient (Wildman–Crippen LogP) is 2.56.